The molecule has 0 bridgehead atoms. The molecule has 0 aliphatic heterocycles. The lowest BCUT2D eigenvalue weighted by molar-refractivity contribution is -0.117. The molecule has 0 unspecified atom stereocenters. The maximum atomic E-state index is 10.4. The predicted octanol–water partition coefficient (Wildman–Crippen LogP) is 1.09. The van der Waals surface area contributed by atoms with E-state index in [9.17, 15) is 4.79 Å². The number of ketones is 1. The molecule has 0 radical (unpaired) electrons. The molecule has 2 N–H and O–H groups in total. The van der Waals surface area contributed by atoms with E-state index in [-0.39, 0.29) is 11.8 Å². The van der Waals surface area contributed by atoms with E-state index >= 15 is 0 Å². The number of hydrogen-bond donors (Lipinski definition) is 1. The first-order chi connectivity index (χ1) is 4.13. The van der Waals surface area contributed by atoms with Crippen molar-refractivity contribution in [1.82, 2.24) is 0 Å². The van der Waals surface area contributed by atoms with Crippen molar-refractivity contribution in [1.29, 1.82) is 0 Å². The molecule has 0 fully saturated rings. The minimum absolute atomic E-state index is 0.240. The number of nitrogens with two attached hydrogens (primary N) is 1. The van der Waals surface area contributed by atoms with Gasteiger partial charge in [-0.1, -0.05) is 0 Å². The molecule has 0 aliphatic rings. The van der Waals surface area contributed by atoms with Crippen molar-refractivity contribution in [3.63, 3.8) is 0 Å². The van der Waals surface area contributed by atoms with E-state index < -0.39 is 0 Å². The Morgan fingerprint density at radius 1 is 1.67 bits per heavy atom. The average molecular weight is 129 g/mol. The Bertz CT molecular complexity index is 88.9. The van der Waals surface area contributed by atoms with Gasteiger partial charge in [-0.25, -0.2) is 0 Å². The van der Waals surface area contributed by atoms with Crippen LogP contribution in [0, 0.1) is 0 Å². The van der Waals surface area contributed by atoms with Gasteiger partial charge in [-0.05, 0) is 26.7 Å². The molecule has 54 valence electrons. The van der Waals surface area contributed by atoms with E-state index in [0.29, 0.717) is 6.42 Å². The topological polar surface area (TPSA) is 43.1 Å². The second-order valence-corrected chi connectivity index (χ2v) is 2.57. The van der Waals surface area contributed by atoms with Gasteiger partial charge in [0.15, 0.2) is 0 Å². The minimum Gasteiger partial charge on any atom is -0.328 e. The summed E-state index contributed by atoms with van der Waals surface area (Å²) in [5.41, 5.74) is 5.47. The van der Waals surface area contributed by atoms with Gasteiger partial charge in [-0.2, -0.15) is 0 Å². The Morgan fingerprint density at radius 2 is 2.22 bits per heavy atom. The van der Waals surface area contributed by atoms with Gasteiger partial charge in [0.2, 0.25) is 0 Å². The van der Waals surface area contributed by atoms with Crippen LogP contribution < -0.4 is 5.73 Å². The summed E-state index contributed by atoms with van der Waals surface area (Å²) in [4.78, 5) is 10.4. The Labute approximate surface area is 56.4 Å². The molecule has 0 saturated carbocycles. The second kappa shape index (κ2) is 4.50. The summed E-state index contributed by atoms with van der Waals surface area (Å²) in [5, 5.41) is 0. The van der Waals surface area contributed by atoms with Crippen LogP contribution in [-0.2, 0) is 4.79 Å². The van der Waals surface area contributed by atoms with Gasteiger partial charge in [0.25, 0.3) is 0 Å². The maximum Gasteiger partial charge on any atom is 0.129 e. The van der Waals surface area contributed by atoms with Crippen LogP contribution in [0.15, 0.2) is 0 Å². The first kappa shape index (κ1) is 8.63. The summed E-state index contributed by atoms with van der Waals surface area (Å²) in [5.74, 6) is 0.260. The molecule has 0 saturated heterocycles. The number of Topliss-reactive ketones (excluding diaryl/α,β-unsaturated/α-hetero) is 1. The fourth-order valence-electron chi connectivity index (χ4n) is 0.673. The van der Waals surface area contributed by atoms with Gasteiger partial charge in [0, 0.05) is 12.5 Å². The Morgan fingerprint density at radius 3 is 2.56 bits per heavy atom. The van der Waals surface area contributed by atoms with E-state index in [1.165, 1.54) is 0 Å². The van der Waals surface area contributed by atoms with Gasteiger partial charge in [-0.3, -0.25) is 0 Å². The Hall–Kier alpha value is -0.370. The number of carbonyl (C=O) groups excluding carboxylic acids is 1. The van der Waals surface area contributed by atoms with Crippen molar-refractivity contribution < 1.29 is 4.79 Å². The van der Waals surface area contributed by atoms with Gasteiger partial charge >= 0.3 is 0 Å². The number of rotatable bonds is 4. The third-order valence-corrected chi connectivity index (χ3v) is 1.19. The molecule has 0 aromatic carbocycles. The van der Waals surface area contributed by atoms with Crippen LogP contribution in [0.5, 0.6) is 0 Å². The average Bonchev–Trinajstić information content (AvgIpc) is 1.63. The van der Waals surface area contributed by atoms with Crippen LogP contribution >= 0.6 is 0 Å². The summed E-state index contributed by atoms with van der Waals surface area (Å²) < 4.78 is 0. The van der Waals surface area contributed by atoms with Crippen LogP contribution in [0.1, 0.15) is 33.1 Å². The van der Waals surface area contributed by atoms with Crippen molar-refractivity contribution >= 4 is 5.78 Å². The molecule has 2 nitrogen and oxygen atoms in total. The van der Waals surface area contributed by atoms with Gasteiger partial charge in [0.05, 0.1) is 0 Å². The summed E-state index contributed by atoms with van der Waals surface area (Å²) in [6.45, 7) is 3.57. The van der Waals surface area contributed by atoms with Crippen LogP contribution in [0.4, 0.5) is 0 Å². The molecule has 0 aliphatic carbocycles. The van der Waals surface area contributed by atoms with Crippen LogP contribution in [0.2, 0.25) is 0 Å². The van der Waals surface area contributed by atoms with Crippen molar-refractivity contribution in [3.8, 4) is 0 Å². The molecule has 9 heavy (non-hydrogen) atoms. The largest absolute Gasteiger partial charge is 0.328 e. The lowest BCUT2D eigenvalue weighted by Gasteiger charge is -2.00. The Balaban J connectivity index is 3.01. The molecular weight excluding hydrogens is 114 g/mol. The molecule has 1 atom stereocenters. The normalized spacial score (nSPS) is 13.2. The van der Waals surface area contributed by atoms with Crippen molar-refractivity contribution in [3.05, 3.63) is 0 Å². The summed E-state index contributed by atoms with van der Waals surface area (Å²) in [6, 6.07) is 0.240. The van der Waals surface area contributed by atoms with E-state index in [4.69, 9.17) is 5.73 Å². The smallest absolute Gasteiger partial charge is 0.129 e. The fourth-order valence-corrected chi connectivity index (χ4v) is 0.673. The lowest BCUT2D eigenvalue weighted by atomic mass is 10.1. The van der Waals surface area contributed by atoms with E-state index in [0.717, 1.165) is 12.8 Å². The molecule has 2 heteroatoms. The zero-order valence-corrected chi connectivity index (χ0v) is 6.18. The first-order valence-electron chi connectivity index (χ1n) is 3.38. The summed E-state index contributed by atoms with van der Waals surface area (Å²) in [6.07, 6.45) is 2.58. The molecule has 0 spiro atoms. The summed E-state index contributed by atoms with van der Waals surface area (Å²) >= 11 is 0. The van der Waals surface area contributed by atoms with Crippen LogP contribution in [-0.4, -0.2) is 11.8 Å². The van der Waals surface area contributed by atoms with Crippen LogP contribution in [0.3, 0.4) is 0 Å². The van der Waals surface area contributed by atoms with E-state index in [2.05, 4.69) is 0 Å². The Kier molecular flexibility index (Phi) is 4.32. The molecule has 0 aromatic heterocycles. The zero-order valence-electron chi connectivity index (χ0n) is 6.18. The first-order valence-corrected chi connectivity index (χ1v) is 3.38. The van der Waals surface area contributed by atoms with Gasteiger partial charge in [-0.15, -0.1) is 0 Å². The molecule has 0 amide bonds. The molecule has 0 heterocycles. The van der Waals surface area contributed by atoms with Crippen LogP contribution in [0.25, 0.3) is 0 Å². The quantitative estimate of drug-likeness (QED) is 0.617. The van der Waals surface area contributed by atoms with Gasteiger partial charge < -0.3 is 10.5 Å². The highest BCUT2D eigenvalue weighted by molar-refractivity contribution is 5.75. The van der Waals surface area contributed by atoms with E-state index in [1.54, 1.807) is 6.92 Å². The molecule has 0 aromatic rings. The van der Waals surface area contributed by atoms with Crippen molar-refractivity contribution in [2.45, 2.75) is 39.2 Å². The third kappa shape index (κ3) is 7.63. The minimum atomic E-state index is 0.240. The van der Waals surface area contributed by atoms with E-state index in [1.807, 2.05) is 6.92 Å². The monoisotopic (exact) mass is 129 g/mol. The highest BCUT2D eigenvalue weighted by atomic mass is 16.1. The molecular formula is C7H15NO. The van der Waals surface area contributed by atoms with Crippen molar-refractivity contribution in [2.75, 3.05) is 0 Å². The highest BCUT2D eigenvalue weighted by Crippen LogP contribution is 1.97. The predicted molar refractivity (Wildman–Crippen MR) is 38.2 cm³/mol. The zero-order chi connectivity index (χ0) is 7.28. The third-order valence-electron chi connectivity index (χ3n) is 1.19. The fraction of sp³-hybridized carbons (Fsp3) is 0.857. The highest BCUT2D eigenvalue weighted by Gasteiger charge is 1.95. The lowest BCUT2D eigenvalue weighted by Crippen LogP contribution is -2.14. The second-order valence-electron chi connectivity index (χ2n) is 2.57. The summed E-state index contributed by atoms with van der Waals surface area (Å²) in [7, 11) is 0. The van der Waals surface area contributed by atoms with Gasteiger partial charge in [0.1, 0.15) is 5.78 Å². The number of hydrogen-bond acceptors (Lipinski definition) is 2. The van der Waals surface area contributed by atoms with Crippen molar-refractivity contribution in [2.24, 2.45) is 5.73 Å². The molecule has 0 rings (SSSR count). The standard InChI is InChI=1S/C7H15NO/c1-6(8)4-3-5-7(2)9/h6H,3-5,8H2,1-2H3/t6-/m1/s1. The number of carbonyl (C=O) groups is 1. The SMILES string of the molecule is CC(=O)CCC[C@@H](C)N. The maximum absolute atomic E-state index is 10.4.